The van der Waals surface area contributed by atoms with E-state index in [4.69, 9.17) is 0 Å². The molecular weight excluding hydrogens is 341 g/mol. The van der Waals surface area contributed by atoms with Crippen molar-refractivity contribution in [1.29, 1.82) is 0 Å². The Bertz CT molecular complexity index is 768. The number of carbonyl (C=O) groups excluding carboxylic acids is 1. The number of halogens is 1. The van der Waals surface area contributed by atoms with Gasteiger partial charge in [-0.15, -0.1) is 0 Å². The van der Waals surface area contributed by atoms with Crippen LogP contribution in [0.3, 0.4) is 0 Å². The van der Waals surface area contributed by atoms with Crippen molar-refractivity contribution in [2.75, 3.05) is 44.2 Å². The van der Waals surface area contributed by atoms with Crippen LogP contribution in [0.15, 0.2) is 42.5 Å². The van der Waals surface area contributed by atoms with Crippen LogP contribution < -0.4 is 10.2 Å². The van der Waals surface area contributed by atoms with Crippen LogP contribution in [0.5, 0.6) is 0 Å². The molecule has 5 heteroatoms. The van der Waals surface area contributed by atoms with Crippen LogP contribution in [0.4, 0.5) is 10.1 Å². The molecule has 1 N–H and O–H groups in total. The molecule has 0 aromatic heterocycles. The van der Waals surface area contributed by atoms with Gasteiger partial charge in [-0.2, -0.15) is 0 Å². The van der Waals surface area contributed by atoms with Gasteiger partial charge in [-0.05, 0) is 62.7 Å². The van der Waals surface area contributed by atoms with Crippen molar-refractivity contribution >= 4 is 11.6 Å². The number of hydrogen-bond donors (Lipinski definition) is 1. The van der Waals surface area contributed by atoms with Gasteiger partial charge in [0.15, 0.2) is 0 Å². The lowest BCUT2D eigenvalue weighted by Gasteiger charge is -2.36. The number of nitrogens with zero attached hydrogens (tertiary/aromatic N) is 2. The highest BCUT2D eigenvalue weighted by atomic mass is 19.1. The van der Waals surface area contributed by atoms with Gasteiger partial charge in [-0.1, -0.05) is 17.7 Å². The van der Waals surface area contributed by atoms with E-state index < -0.39 is 0 Å². The van der Waals surface area contributed by atoms with Crippen molar-refractivity contribution in [3.63, 3.8) is 0 Å². The number of benzene rings is 2. The summed E-state index contributed by atoms with van der Waals surface area (Å²) in [6, 6.07) is 12.7. The Morgan fingerprint density at radius 2 is 1.74 bits per heavy atom. The minimum atomic E-state index is -0.194. The highest BCUT2D eigenvalue weighted by Gasteiger charge is 2.17. The minimum Gasteiger partial charge on any atom is -0.369 e. The third-order valence-electron chi connectivity index (χ3n) is 5.14. The van der Waals surface area contributed by atoms with Crippen LogP contribution in [0.2, 0.25) is 0 Å². The second kappa shape index (κ2) is 9.00. The Morgan fingerprint density at radius 3 is 2.44 bits per heavy atom. The zero-order valence-corrected chi connectivity index (χ0v) is 16.2. The molecule has 4 nitrogen and oxygen atoms in total. The molecule has 1 fully saturated rings. The first-order valence-corrected chi connectivity index (χ1v) is 9.61. The molecule has 3 rings (SSSR count). The predicted molar refractivity (Wildman–Crippen MR) is 108 cm³/mol. The molecule has 2 aromatic rings. The standard InChI is InChI=1S/C22H28FN3O/c1-17-4-5-18(2)21(16-17)22(27)24-10-3-11-25-12-14-26(15-13-25)20-8-6-19(23)7-9-20/h4-9,16H,3,10-15H2,1-2H3,(H,24,27). The summed E-state index contributed by atoms with van der Waals surface area (Å²) in [5, 5.41) is 3.03. The second-order valence-electron chi connectivity index (χ2n) is 7.23. The van der Waals surface area contributed by atoms with Gasteiger partial charge in [0, 0.05) is 44.0 Å². The van der Waals surface area contributed by atoms with Gasteiger partial charge >= 0.3 is 0 Å². The summed E-state index contributed by atoms with van der Waals surface area (Å²) in [7, 11) is 0. The van der Waals surface area contributed by atoms with Gasteiger partial charge in [0.25, 0.3) is 5.91 Å². The minimum absolute atomic E-state index is 0.0114. The van der Waals surface area contributed by atoms with E-state index in [9.17, 15) is 9.18 Å². The Kier molecular flexibility index (Phi) is 6.45. The molecule has 1 aliphatic heterocycles. The molecule has 1 aliphatic rings. The van der Waals surface area contributed by atoms with Crippen molar-refractivity contribution in [3.05, 3.63) is 65.0 Å². The number of hydrogen-bond acceptors (Lipinski definition) is 3. The highest BCUT2D eigenvalue weighted by Crippen LogP contribution is 2.17. The maximum absolute atomic E-state index is 13.0. The first-order valence-electron chi connectivity index (χ1n) is 9.61. The van der Waals surface area contributed by atoms with E-state index in [0.29, 0.717) is 6.54 Å². The molecule has 0 atom stereocenters. The lowest BCUT2D eigenvalue weighted by Crippen LogP contribution is -2.47. The Morgan fingerprint density at radius 1 is 1.04 bits per heavy atom. The largest absolute Gasteiger partial charge is 0.369 e. The maximum Gasteiger partial charge on any atom is 0.251 e. The zero-order valence-electron chi connectivity index (χ0n) is 16.2. The van der Waals surface area contributed by atoms with Gasteiger partial charge in [0.05, 0.1) is 0 Å². The summed E-state index contributed by atoms with van der Waals surface area (Å²) in [4.78, 5) is 17.0. The average molecular weight is 369 g/mol. The average Bonchev–Trinajstić information content (AvgIpc) is 2.68. The molecule has 0 aliphatic carbocycles. The van der Waals surface area contributed by atoms with E-state index >= 15 is 0 Å². The first kappa shape index (κ1) is 19.4. The SMILES string of the molecule is Cc1ccc(C)c(C(=O)NCCCN2CCN(c3ccc(F)cc3)CC2)c1. The summed E-state index contributed by atoms with van der Waals surface area (Å²) < 4.78 is 13.0. The van der Waals surface area contributed by atoms with E-state index in [1.165, 1.54) is 12.1 Å². The van der Waals surface area contributed by atoms with E-state index in [0.717, 1.165) is 61.5 Å². The van der Waals surface area contributed by atoms with Gasteiger partial charge in [-0.25, -0.2) is 4.39 Å². The number of aryl methyl sites for hydroxylation is 2. The van der Waals surface area contributed by atoms with Crippen molar-refractivity contribution in [2.24, 2.45) is 0 Å². The molecule has 0 radical (unpaired) electrons. The van der Waals surface area contributed by atoms with Crippen molar-refractivity contribution in [2.45, 2.75) is 20.3 Å². The van der Waals surface area contributed by atoms with E-state index in [1.54, 1.807) is 0 Å². The van der Waals surface area contributed by atoms with Crippen LogP contribution in [0.1, 0.15) is 27.9 Å². The molecule has 0 saturated carbocycles. The Balaban J connectivity index is 1.37. The second-order valence-corrected chi connectivity index (χ2v) is 7.23. The summed E-state index contributed by atoms with van der Waals surface area (Å²) in [5.41, 5.74) is 3.96. The fourth-order valence-electron chi connectivity index (χ4n) is 3.46. The zero-order chi connectivity index (χ0) is 19.2. The van der Waals surface area contributed by atoms with E-state index in [-0.39, 0.29) is 11.7 Å². The monoisotopic (exact) mass is 369 g/mol. The van der Waals surface area contributed by atoms with Crippen LogP contribution in [-0.4, -0.2) is 50.1 Å². The molecule has 1 heterocycles. The third-order valence-corrected chi connectivity index (χ3v) is 5.14. The highest BCUT2D eigenvalue weighted by molar-refractivity contribution is 5.95. The van der Waals surface area contributed by atoms with Gasteiger partial charge in [0.2, 0.25) is 0 Å². The Hall–Kier alpha value is -2.40. The van der Waals surface area contributed by atoms with Crippen LogP contribution in [0, 0.1) is 19.7 Å². The number of carbonyl (C=O) groups is 1. The number of anilines is 1. The molecule has 1 saturated heterocycles. The molecule has 27 heavy (non-hydrogen) atoms. The normalized spacial score (nSPS) is 15.0. The molecule has 144 valence electrons. The predicted octanol–water partition coefficient (Wildman–Crippen LogP) is 3.38. The van der Waals surface area contributed by atoms with Crippen LogP contribution in [-0.2, 0) is 0 Å². The molecule has 0 bridgehead atoms. The summed E-state index contributed by atoms with van der Waals surface area (Å²) >= 11 is 0. The summed E-state index contributed by atoms with van der Waals surface area (Å²) in [6.07, 6.45) is 0.938. The number of piperazine rings is 1. The fourth-order valence-corrected chi connectivity index (χ4v) is 3.46. The molecule has 1 amide bonds. The van der Waals surface area contributed by atoms with Gasteiger partial charge in [0.1, 0.15) is 5.82 Å². The number of rotatable bonds is 6. The van der Waals surface area contributed by atoms with Crippen molar-refractivity contribution < 1.29 is 9.18 Å². The summed E-state index contributed by atoms with van der Waals surface area (Å²) in [6.45, 7) is 9.50. The first-order chi connectivity index (χ1) is 13.0. The molecule has 0 spiro atoms. The van der Waals surface area contributed by atoms with E-state index in [1.807, 2.05) is 44.2 Å². The van der Waals surface area contributed by atoms with Gasteiger partial charge < -0.3 is 10.2 Å². The Labute approximate surface area is 161 Å². The van der Waals surface area contributed by atoms with Crippen molar-refractivity contribution in [3.8, 4) is 0 Å². The van der Waals surface area contributed by atoms with Crippen LogP contribution in [0.25, 0.3) is 0 Å². The fraction of sp³-hybridized carbons (Fsp3) is 0.409. The topological polar surface area (TPSA) is 35.6 Å². The molecular formula is C22H28FN3O. The summed E-state index contributed by atoms with van der Waals surface area (Å²) in [5.74, 6) is -0.183. The third kappa shape index (κ3) is 5.30. The lowest BCUT2D eigenvalue weighted by molar-refractivity contribution is 0.0950. The quantitative estimate of drug-likeness (QED) is 0.793. The van der Waals surface area contributed by atoms with Crippen molar-refractivity contribution in [1.82, 2.24) is 10.2 Å². The number of nitrogens with one attached hydrogen (secondary N) is 1. The number of amides is 1. The molecule has 0 unspecified atom stereocenters. The van der Waals surface area contributed by atoms with E-state index in [2.05, 4.69) is 15.1 Å². The maximum atomic E-state index is 13.0. The van der Waals surface area contributed by atoms with Crippen LogP contribution >= 0.6 is 0 Å². The molecule has 2 aromatic carbocycles. The lowest BCUT2D eigenvalue weighted by atomic mass is 10.1. The van der Waals surface area contributed by atoms with Gasteiger partial charge in [-0.3, -0.25) is 9.69 Å². The smallest absolute Gasteiger partial charge is 0.251 e.